The second-order valence-electron chi connectivity index (χ2n) is 14.9. The first-order valence-electron chi connectivity index (χ1n) is 17.6. The van der Waals surface area contributed by atoms with Crippen LogP contribution in [0, 0.1) is 55.4 Å². The molecular formula is C46H42CuN4. The molecule has 257 valence electrons. The topological polar surface area (TPSA) is 35.6 Å². The Kier molecular flexibility index (Phi) is 7.51. The average Bonchev–Trinajstić information content (AvgIpc) is 3.72. The van der Waals surface area contributed by atoms with Gasteiger partial charge in [-0.2, -0.15) is 0 Å². The molecule has 0 fully saturated rings. The fraction of sp³-hybridized carbons (Fsp3) is 0.217. The Morgan fingerprint density at radius 3 is 0.725 bits per heavy atom. The van der Waals surface area contributed by atoms with Crippen molar-refractivity contribution in [1.29, 1.82) is 0 Å². The molecule has 5 heteroatoms. The summed E-state index contributed by atoms with van der Waals surface area (Å²) < 4.78 is 4.68. The Bertz CT molecular complexity index is 2480. The first-order valence-corrected chi connectivity index (χ1v) is 17.6. The van der Waals surface area contributed by atoms with E-state index in [1.54, 1.807) is 0 Å². The van der Waals surface area contributed by atoms with Crippen LogP contribution in [-0.4, -0.2) is 19.1 Å². The summed E-state index contributed by atoms with van der Waals surface area (Å²) in [6.07, 6.45) is 0. The zero-order valence-electron chi connectivity index (χ0n) is 31.0. The molecule has 0 spiro atoms. The van der Waals surface area contributed by atoms with Crippen LogP contribution in [-0.2, 0) is 31.2 Å². The molecule has 0 saturated heterocycles. The standard InChI is InChI=1S/C46H42N4.Cu/c1-23-11-31-32(12-24(23)2)40-20-44-37-17-29(7)30(8)18-38(37)46(50(44)10)22-42-34-14-26(4)25(3)13-33(34)41(48-42)21-45-36-16-28(6)27(5)15-35(36)43(49(45)9)19-39(31)47-40;/h11-22H,1-10H3;. The number of nitrogens with zero attached hydrogens (tertiary/aromatic N) is 4. The van der Waals surface area contributed by atoms with Gasteiger partial charge in [0.25, 0.3) is 0 Å². The largest absolute Gasteiger partial charge is 0.343 e. The fourth-order valence-corrected chi connectivity index (χ4v) is 8.10. The molecule has 4 nitrogen and oxygen atoms in total. The van der Waals surface area contributed by atoms with Crippen LogP contribution in [0.4, 0.5) is 0 Å². The number of benzene rings is 4. The van der Waals surface area contributed by atoms with Gasteiger partial charge in [-0.05, 0) is 173 Å². The first-order chi connectivity index (χ1) is 23.9. The van der Waals surface area contributed by atoms with Gasteiger partial charge in [-0.1, -0.05) is 0 Å². The Hall–Kier alpha value is -4.96. The van der Waals surface area contributed by atoms with Crippen LogP contribution in [0.5, 0.6) is 0 Å². The van der Waals surface area contributed by atoms with Crippen LogP contribution in [0.3, 0.4) is 0 Å². The van der Waals surface area contributed by atoms with Crippen molar-refractivity contribution < 1.29 is 17.1 Å². The van der Waals surface area contributed by atoms with E-state index in [0.717, 1.165) is 44.8 Å². The van der Waals surface area contributed by atoms with Crippen LogP contribution in [0.15, 0.2) is 72.8 Å². The summed E-state index contributed by atoms with van der Waals surface area (Å²) in [5, 5.41) is 4.93. The Morgan fingerprint density at radius 2 is 0.510 bits per heavy atom. The number of hydrogen-bond acceptors (Lipinski definition) is 2. The molecule has 0 amide bonds. The van der Waals surface area contributed by atoms with Crippen molar-refractivity contribution in [2.75, 3.05) is 0 Å². The van der Waals surface area contributed by atoms with Crippen molar-refractivity contribution in [3.05, 3.63) is 117 Å². The average molecular weight is 714 g/mol. The summed E-state index contributed by atoms with van der Waals surface area (Å²) in [5.41, 5.74) is 23.6. The van der Waals surface area contributed by atoms with E-state index < -0.39 is 0 Å². The minimum Gasteiger partial charge on any atom is -0.343 e. The summed E-state index contributed by atoms with van der Waals surface area (Å²) in [6.45, 7) is 17.6. The molecule has 9 rings (SSSR count). The second-order valence-corrected chi connectivity index (χ2v) is 14.9. The van der Waals surface area contributed by atoms with Crippen LogP contribution in [0.25, 0.3) is 88.6 Å². The molecule has 5 heterocycles. The van der Waals surface area contributed by atoms with E-state index in [1.807, 2.05) is 0 Å². The third-order valence-corrected chi connectivity index (χ3v) is 11.8. The van der Waals surface area contributed by atoms with Gasteiger partial charge < -0.3 is 9.13 Å². The van der Waals surface area contributed by atoms with Gasteiger partial charge in [-0.15, -0.1) is 0 Å². The van der Waals surface area contributed by atoms with E-state index >= 15 is 0 Å². The van der Waals surface area contributed by atoms with Gasteiger partial charge in [0.15, 0.2) is 0 Å². The summed E-state index contributed by atoms with van der Waals surface area (Å²) in [5.74, 6) is 0. The van der Waals surface area contributed by atoms with E-state index in [4.69, 9.17) is 9.97 Å². The second kappa shape index (κ2) is 11.5. The fourth-order valence-electron chi connectivity index (χ4n) is 8.10. The monoisotopic (exact) mass is 713 g/mol. The predicted molar refractivity (Wildman–Crippen MR) is 212 cm³/mol. The minimum atomic E-state index is 0. The molecule has 0 unspecified atom stereocenters. The van der Waals surface area contributed by atoms with Crippen molar-refractivity contribution in [3.8, 4) is 45.0 Å². The quantitative estimate of drug-likeness (QED) is 0.147. The van der Waals surface area contributed by atoms with Gasteiger partial charge in [-0.3, -0.25) is 0 Å². The zero-order valence-corrected chi connectivity index (χ0v) is 32.0. The Morgan fingerprint density at radius 1 is 0.314 bits per heavy atom. The minimum absolute atomic E-state index is 0. The molecule has 2 aliphatic heterocycles. The first kappa shape index (κ1) is 33.2. The molecular weight excluding hydrogens is 672 g/mol. The smallest absolute Gasteiger partial charge is 0.0737 e. The molecule has 0 N–H and O–H groups in total. The van der Waals surface area contributed by atoms with Crippen molar-refractivity contribution >= 4 is 43.6 Å². The van der Waals surface area contributed by atoms with Crippen LogP contribution >= 0.6 is 0 Å². The van der Waals surface area contributed by atoms with E-state index in [0.29, 0.717) is 0 Å². The summed E-state index contributed by atoms with van der Waals surface area (Å²) >= 11 is 0. The Labute approximate surface area is 310 Å². The summed E-state index contributed by atoms with van der Waals surface area (Å²) in [6, 6.07) is 27.9. The van der Waals surface area contributed by atoms with Gasteiger partial charge in [0, 0.05) is 75.0 Å². The van der Waals surface area contributed by atoms with Gasteiger partial charge in [-0.25, -0.2) is 9.97 Å². The number of aromatic nitrogens is 4. The maximum Gasteiger partial charge on any atom is 0.0737 e. The van der Waals surface area contributed by atoms with Crippen LogP contribution in [0.2, 0.25) is 0 Å². The summed E-state index contributed by atoms with van der Waals surface area (Å²) in [7, 11) is 4.38. The molecule has 0 atom stereocenters. The van der Waals surface area contributed by atoms with Gasteiger partial charge >= 0.3 is 0 Å². The Balaban J connectivity index is 0.00000374. The molecule has 1 radical (unpaired) electrons. The van der Waals surface area contributed by atoms with Gasteiger partial charge in [0.05, 0.1) is 44.8 Å². The maximum absolute atomic E-state index is 5.45. The van der Waals surface area contributed by atoms with Gasteiger partial charge in [0.1, 0.15) is 0 Å². The number of aryl methyl sites for hydroxylation is 10. The molecule has 2 aliphatic rings. The molecule has 3 aromatic heterocycles. The number of hydrogen-bond donors (Lipinski definition) is 0. The predicted octanol–water partition coefficient (Wildman–Crippen LogP) is 11.8. The maximum atomic E-state index is 5.45. The van der Waals surface area contributed by atoms with Crippen molar-refractivity contribution in [3.63, 3.8) is 0 Å². The number of fused-ring (bicyclic) bond motifs is 20. The number of rotatable bonds is 0. The van der Waals surface area contributed by atoms with E-state index in [-0.39, 0.29) is 17.1 Å². The van der Waals surface area contributed by atoms with Crippen LogP contribution in [0.1, 0.15) is 44.5 Å². The molecule has 7 aromatic rings. The van der Waals surface area contributed by atoms with Crippen LogP contribution < -0.4 is 0 Å². The van der Waals surface area contributed by atoms with Gasteiger partial charge in [0.2, 0.25) is 0 Å². The third-order valence-electron chi connectivity index (χ3n) is 11.8. The SMILES string of the molecule is Cc1cc2c(cc1C)-c1cc3c4cc(C)c(C)cc4c(cc4nc(cc5c6cc(C)c(C)cc6c(cc-2n1)n5C)-c1cc(C)c(C)cc1-4)n3C.[Cu]. The normalized spacial score (nSPS) is 12.0. The van der Waals surface area contributed by atoms with E-state index in [2.05, 4.69) is 151 Å². The molecule has 0 saturated carbocycles. The molecule has 4 aromatic carbocycles. The van der Waals surface area contributed by atoms with Crippen molar-refractivity contribution in [2.24, 2.45) is 14.1 Å². The third kappa shape index (κ3) is 4.86. The molecule has 51 heavy (non-hydrogen) atoms. The van der Waals surface area contributed by atoms with Crippen molar-refractivity contribution in [2.45, 2.75) is 55.4 Å². The van der Waals surface area contributed by atoms with E-state index in [9.17, 15) is 0 Å². The zero-order chi connectivity index (χ0) is 34.9. The molecule has 0 aliphatic carbocycles. The van der Waals surface area contributed by atoms with Crippen molar-refractivity contribution in [1.82, 2.24) is 19.1 Å². The van der Waals surface area contributed by atoms with E-state index in [1.165, 1.54) is 88.3 Å². The molecule has 8 bridgehead atoms. The summed E-state index contributed by atoms with van der Waals surface area (Å²) in [4.78, 5) is 10.9.